The van der Waals surface area contributed by atoms with E-state index in [-0.39, 0.29) is 44.4 Å². The van der Waals surface area contributed by atoms with E-state index in [1.165, 1.54) is 19.0 Å². The van der Waals surface area contributed by atoms with Crippen LogP contribution in [0.15, 0.2) is 40.3 Å². The number of rotatable bonds is 21. The van der Waals surface area contributed by atoms with E-state index in [1.807, 2.05) is 0 Å². The van der Waals surface area contributed by atoms with Crippen LogP contribution in [-0.2, 0) is 57.3 Å². The maximum atomic E-state index is 12.4. The monoisotopic (exact) mass is 1110 g/mol. The number of aliphatic hydroxyl groups is 1. The van der Waals surface area contributed by atoms with Gasteiger partial charge in [-0.25, -0.2) is 15.0 Å². The van der Waals surface area contributed by atoms with Crippen LogP contribution in [0.4, 0.5) is 24.8 Å². The third-order valence-electron chi connectivity index (χ3n) is 9.90. The van der Waals surface area contributed by atoms with Crippen LogP contribution in [-0.4, -0.2) is 146 Å². The second-order valence-electron chi connectivity index (χ2n) is 14.8. The molecule has 2 aliphatic heterocycles. The number of hydrogen-bond acceptors (Lipinski definition) is 25. The van der Waals surface area contributed by atoms with Gasteiger partial charge < -0.3 is 29.4 Å². The molecule has 2 saturated heterocycles. The predicted octanol–water partition coefficient (Wildman–Crippen LogP) is 2.78. The fraction of sp³-hybridized carbons (Fsp3) is 0.486. The molecule has 0 radical (unpaired) electrons. The molecule has 6 heterocycles. The Hall–Kier alpha value is -6.13. The SMILES string of the molecule is CN(C)C=Nc1ncnc2c1c(C#CCNC(=O)C(F)(F)F)cn2C1CC(OCN=[N+]=[N-])C(CO)O1.[N-]=[N+]=NCOC1CC(n2cc(C#CCN)c3c(N)ncnc32)OC1COP(P)(OOO)(OOOO)[P+](=O)[O-]. The molecular weight excluding hydrogens is 1060 g/mol. The van der Waals surface area contributed by atoms with E-state index in [9.17, 15) is 32.5 Å². The van der Waals surface area contributed by atoms with Crippen LogP contribution >= 0.6 is 23.3 Å². The maximum absolute atomic E-state index is 12.4. The van der Waals surface area contributed by atoms with Gasteiger partial charge in [0.25, 0.3) is 0 Å². The number of hydrogen-bond donors (Lipinski definition) is 6. The van der Waals surface area contributed by atoms with Crippen LogP contribution in [0.2, 0.25) is 0 Å². The standard InChI is InChI=1S/C20H22F3N9O4.C15H21N8O12P3/c1-31(2)10-28-17-16-12(4-3-5-25-19(34)20(21,22)23)7-32(18(16)27-9-26-17)15-6-13(14(8-33)36-15)35-11-29-30-24;16-3-1-2-9-5-23(15-13(9)14(17)19-7-20-15)12-4-10(28-8-21-22-18)11(30-12)6-29-38(36,34-32-25,37(26)27)35-33-31-24/h7,9-10,13-15,33H,5-6,8,11H2,1-2H3,(H,25,34);5,7,10-12,24-25H,3-4,6,8,16,36H2,(H2,17,19,20). The molecule has 0 bridgehead atoms. The van der Waals surface area contributed by atoms with Gasteiger partial charge in [-0.05, 0) is 5.53 Å². The van der Waals surface area contributed by atoms with Crippen molar-refractivity contribution in [3.05, 3.63) is 57.1 Å². The summed E-state index contributed by atoms with van der Waals surface area (Å²) >= 11 is 0. The first-order valence-corrected chi connectivity index (χ1v) is 26.0. The first-order chi connectivity index (χ1) is 35.4. The van der Waals surface area contributed by atoms with Crippen LogP contribution in [0.3, 0.4) is 0 Å². The summed E-state index contributed by atoms with van der Waals surface area (Å²) in [6.45, 7) is -7.70. The van der Waals surface area contributed by atoms with Crippen LogP contribution in [0.5, 0.6) is 0 Å². The van der Waals surface area contributed by atoms with E-state index in [1.54, 1.807) is 54.8 Å². The molecule has 8 unspecified atom stereocenters. The molecule has 74 heavy (non-hydrogen) atoms. The van der Waals surface area contributed by atoms with Gasteiger partial charge in [-0.3, -0.25) is 4.79 Å². The number of halogens is 3. The quantitative estimate of drug-likeness (QED) is 0.00804. The molecule has 33 nitrogen and oxygen atoms in total. The molecule has 400 valence electrons. The summed E-state index contributed by atoms with van der Waals surface area (Å²) in [6, 6.07) is 0. The van der Waals surface area contributed by atoms with Gasteiger partial charge in [-0.2, -0.15) is 13.2 Å². The Morgan fingerprint density at radius 3 is 2.14 bits per heavy atom. The molecule has 1 amide bonds. The zero-order chi connectivity index (χ0) is 54.1. The molecule has 39 heteroatoms. The number of amides is 1. The molecule has 2 fully saturated rings. The van der Waals surface area contributed by atoms with Crippen molar-refractivity contribution in [3.8, 4) is 23.7 Å². The zero-order valence-corrected chi connectivity index (χ0v) is 41.1. The Bertz CT molecular complexity index is 2890. The first-order valence-electron chi connectivity index (χ1n) is 20.5. The minimum absolute atomic E-state index is 0.0880. The van der Waals surface area contributed by atoms with E-state index in [2.05, 4.69) is 93.1 Å². The van der Waals surface area contributed by atoms with E-state index >= 15 is 0 Å². The average molecular weight is 1110 g/mol. The van der Waals surface area contributed by atoms with E-state index < -0.39 is 83.2 Å². The molecule has 8 N–H and O–H groups in total. The summed E-state index contributed by atoms with van der Waals surface area (Å²) in [5.41, 5.74) is 30.1. The molecule has 0 aliphatic carbocycles. The Balaban J connectivity index is 0.000000274. The second-order valence-corrected chi connectivity index (χ2v) is 24.7. The number of anilines is 1. The summed E-state index contributed by atoms with van der Waals surface area (Å²) in [6.07, 6.45) is -2.13. The van der Waals surface area contributed by atoms with Crippen molar-refractivity contribution in [2.45, 2.75) is 55.9 Å². The number of ether oxygens (including phenoxy) is 4. The topological polar surface area (TPSA) is 449 Å². The van der Waals surface area contributed by atoms with Crippen LogP contribution in [0, 0.1) is 23.7 Å². The Morgan fingerprint density at radius 2 is 1.58 bits per heavy atom. The Labute approximate surface area is 416 Å². The molecule has 8 atom stereocenters. The fourth-order valence-corrected chi connectivity index (χ4v) is 9.26. The van der Waals surface area contributed by atoms with Gasteiger partial charge in [-0.15, -0.1) is 0 Å². The van der Waals surface area contributed by atoms with Crippen LogP contribution in [0.1, 0.15) is 36.4 Å². The summed E-state index contributed by atoms with van der Waals surface area (Å²) in [7, 11) is 1.20. The number of nitrogen functional groups attached to an aromatic ring is 1. The number of azide groups is 2. The number of nitrogens with one attached hydrogen (secondary N) is 1. The zero-order valence-electron chi connectivity index (χ0n) is 38.2. The van der Waals surface area contributed by atoms with Crippen LogP contribution < -0.4 is 21.7 Å². The Kier molecular flexibility index (Phi) is 21.4. The summed E-state index contributed by atoms with van der Waals surface area (Å²) in [4.78, 5) is 51.0. The van der Waals surface area contributed by atoms with E-state index in [0.29, 0.717) is 33.2 Å². The first kappa shape index (κ1) is 58.8. The van der Waals surface area contributed by atoms with Gasteiger partial charge in [0.15, 0.2) is 5.82 Å². The number of nitrogens with zero attached hydrogens (tertiary/aromatic N) is 14. The number of carbonyl (C=O) groups excluding carboxylic acids is 1. The number of carbonyl (C=O) groups is 1. The van der Waals surface area contributed by atoms with Gasteiger partial charge in [-0.1, -0.05) is 17.0 Å². The van der Waals surface area contributed by atoms with Crippen molar-refractivity contribution in [2.75, 3.05) is 59.6 Å². The molecule has 4 aromatic heterocycles. The van der Waals surface area contributed by atoms with Crippen molar-refractivity contribution in [2.24, 2.45) is 21.0 Å². The summed E-state index contributed by atoms with van der Waals surface area (Å²) in [5, 5.41) is 46.6. The number of alkyl halides is 3. The van der Waals surface area contributed by atoms with Crippen molar-refractivity contribution in [3.63, 3.8) is 0 Å². The molecular formula is C35H43F3N17O16P3. The summed E-state index contributed by atoms with van der Waals surface area (Å²) in [5.74, 6) is 9.15. The molecule has 0 spiro atoms. The number of nitrogens with two attached hydrogens (primary N) is 2. The van der Waals surface area contributed by atoms with Crippen molar-refractivity contribution >= 4 is 69.3 Å². The normalized spacial score (nSPS) is 20.3. The molecule has 0 aromatic carbocycles. The molecule has 4 aromatic rings. The minimum atomic E-state index is -5.59. The summed E-state index contributed by atoms with van der Waals surface area (Å²) < 4.78 is 89.6. The number of aliphatic hydroxyl groups excluding tert-OH is 1. The van der Waals surface area contributed by atoms with Gasteiger partial charge in [0.1, 0.15) is 31.0 Å². The van der Waals surface area contributed by atoms with E-state index in [4.69, 9.17) is 56.5 Å². The van der Waals surface area contributed by atoms with Crippen molar-refractivity contribution in [1.82, 2.24) is 39.3 Å². The predicted molar refractivity (Wildman–Crippen MR) is 246 cm³/mol. The van der Waals surface area contributed by atoms with Crippen LogP contribution in [0.25, 0.3) is 43.0 Å². The van der Waals surface area contributed by atoms with Crippen molar-refractivity contribution < 1.29 is 91.0 Å². The molecule has 2 aliphatic rings. The molecule has 6 rings (SSSR count). The second kappa shape index (κ2) is 26.9. The molecule has 0 saturated carbocycles. The third kappa shape index (κ3) is 14.6. The van der Waals surface area contributed by atoms with Crippen molar-refractivity contribution in [1.29, 1.82) is 0 Å². The van der Waals surface area contributed by atoms with Gasteiger partial charge >= 0.3 is 227 Å². The Morgan fingerprint density at radius 1 is 1.00 bits per heavy atom. The number of aromatic nitrogens is 6. The van der Waals surface area contributed by atoms with Gasteiger partial charge in [0, 0.05) is 31.6 Å². The van der Waals surface area contributed by atoms with E-state index in [0.717, 1.165) is 0 Å². The number of fused-ring (bicyclic) bond motifs is 2. The fourth-order valence-electron chi connectivity index (χ4n) is 6.80. The average Bonchev–Trinajstić information content (AvgIpc) is 4.16. The van der Waals surface area contributed by atoms with Gasteiger partial charge in [0.2, 0.25) is 0 Å². The number of aliphatic imine (C=N–C) groups is 1. The third-order valence-corrected chi connectivity index (χ3v) is 17.0. The van der Waals surface area contributed by atoms with Gasteiger partial charge in [0.05, 0.1) is 36.5 Å².